The van der Waals surface area contributed by atoms with E-state index in [1.54, 1.807) is 19.1 Å². The highest BCUT2D eigenvalue weighted by Gasteiger charge is 2.57. The lowest BCUT2D eigenvalue weighted by atomic mass is 9.96. The van der Waals surface area contributed by atoms with Gasteiger partial charge in [0.2, 0.25) is 0 Å². The van der Waals surface area contributed by atoms with Crippen LogP contribution in [0, 0.1) is 6.92 Å². The number of carbonyl (C=O) groups excluding carboxylic acids is 6. The molecule has 3 rings (SSSR count). The summed E-state index contributed by atoms with van der Waals surface area (Å²) < 4.78 is 27.1. The Morgan fingerprint density at radius 1 is 0.857 bits per heavy atom. The molecule has 12 heteroatoms. The number of hydrogen-bond donors (Lipinski definition) is 0. The van der Waals surface area contributed by atoms with Gasteiger partial charge in [-0.3, -0.25) is 33.7 Å². The Balaban J connectivity index is 2.15. The molecule has 2 heterocycles. The van der Waals surface area contributed by atoms with Gasteiger partial charge in [0.05, 0.1) is 11.3 Å². The van der Waals surface area contributed by atoms with Gasteiger partial charge in [-0.25, -0.2) is 0 Å². The molecule has 0 saturated carbocycles. The SMILES string of the molecule is CC(=O)OCC1OC(N2C(=O)C(=O)c3ccc(C)cc32)C(OC(C)=O)C(OC(C)=O)C1OC(C)=O. The van der Waals surface area contributed by atoms with E-state index in [1.165, 1.54) is 6.07 Å². The number of hydrogen-bond acceptors (Lipinski definition) is 11. The molecule has 1 amide bonds. The van der Waals surface area contributed by atoms with Gasteiger partial charge in [0, 0.05) is 27.7 Å². The molecule has 0 radical (unpaired) electrons. The molecule has 35 heavy (non-hydrogen) atoms. The molecule has 1 aromatic carbocycles. The van der Waals surface area contributed by atoms with E-state index in [1.807, 2.05) is 0 Å². The van der Waals surface area contributed by atoms with E-state index in [-0.39, 0.29) is 11.3 Å². The number of nitrogens with zero attached hydrogens (tertiary/aromatic N) is 1. The third kappa shape index (κ3) is 5.48. The molecule has 188 valence electrons. The summed E-state index contributed by atoms with van der Waals surface area (Å²) in [5.41, 5.74) is 1.02. The van der Waals surface area contributed by atoms with Crippen molar-refractivity contribution < 1.29 is 52.5 Å². The highest BCUT2D eigenvalue weighted by Crippen LogP contribution is 2.38. The van der Waals surface area contributed by atoms with Crippen LogP contribution in [0.3, 0.4) is 0 Å². The van der Waals surface area contributed by atoms with Crippen molar-refractivity contribution in [2.24, 2.45) is 0 Å². The molecule has 2 aliphatic rings. The Hall–Kier alpha value is -3.80. The van der Waals surface area contributed by atoms with Crippen LogP contribution in [0.25, 0.3) is 0 Å². The van der Waals surface area contributed by atoms with Crippen molar-refractivity contribution in [3.05, 3.63) is 29.3 Å². The van der Waals surface area contributed by atoms with Gasteiger partial charge < -0.3 is 23.7 Å². The second-order valence-corrected chi connectivity index (χ2v) is 8.11. The highest BCUT2D eigenvalue weighted by atomic mass is 16.7. The average molecular weight is 491 g/mol. The number of ketones is 1. The fraction of sp³-hybridized carbons (Fsp3) is 0.478. The number of rotatable bonds is 6. The number of ether oxygens (including phenoxy) is 5. The van der Waals surface area contributed by atoms with E-state index in [9.17, 15) is 28.8 Å². The van der Waals surface area contributed by atoms with E-state index < -0.39 is 72.8 Å². The number of amides is 1. The quantitative estimate of drug-likeness (QED) is 0.312. The third-order valence-electron chi connectivity index (χ3n) is 5.29. The zero-order chi connectivity index (χ0) is 26.0. The fourth-order valence-electron chi connectivity index (χ4n) is 4.03. The summed E-state index contributed by atoms with van der Waals surface area (Å²) in [6.45, 7) is 5.72. The van der Waals surface area contributed by atoms with Gasteiger partial charge in [-0.15, -0.1) is 0 Å². The minimum atomic E-state index is -1.50. The predicted molar refractivity (Wildman–Crippen MR) is 115 cm³/mol. The Bertz CT molecular complexity index is 1080. The smallest absolute Gasteiger partial charge is 0.303 e. The van der Waals surface area contributed by atoms with Crippen molar-refractivity contribution in [2.45, 2.75) is 65.3 Å². The zero-order valence-corrected chi connectivity index (χ0v) is 19.8. The summed E-state index contributed by atoms with van der Waals surface area (Å²) >= 11 is 0. The minimum absolute atomic E-state index is 0.105. The molecular formula is C23H25NO11. The van der Waals surface area contributed by atoms with E-state index in [0.29, 0.717) is 0 Å². The zero-order valence-electron chi connectivity index (χ0n) is 19.8. The van der Waals surface area contributed by atoms with Gasteiger partial charge in [-0.2, -0.15) is 0 Å². The molecule has 0 aliphatic carbocycles. The van der Waals surface area contributed by atoms with Gasteiger partial charge in [0.15, 0.2) is 24.5 Å². The van der Waals surface area contributed by atoms with Crippen molar-refractivity contribution in [3.8, 4) is 0 Å². The van der Waals surface area contributed by atoms with Gasteiger partial charge >= 0.3 is 29.8 Å². The van der Waals surface area contributed by atoms with E-state index >= 15 is 0 Å². The number of benzene rings is 1. The number of esters is 4. The van der Waals surface area contributed by atoms with Crippen LogP contribution in [-0.2, 0) is 47.7 Å². The Morgan fingerprint density at radius 2 is 1.43 bits per heavy atom. The van der Waals surface area contributed by atoms with Crippen molar-refractivity contribution >= 4 is 41.3 Å². The summed E-state index contributed by atoms with van der Waals surface area (Å²) in [6, 6.07) is 4.71. The van der Waals surface area contributed by atoms with Crippen molar-refractivity contribution in [1.82, 2.24) is 0 Å². The minimum Gasteiger partial charge on any atom is -0.463 e. The van der Waals surface area contributed by atoms with Crippen LogP contribution in [0.2, 0.25) is 0 Å². The topological polar surface area (TPSA) is 152 Å². The summed E-state index contributed by atoms with van der Waals surface area (Å²) in [6.07, 6.45) is -7.08. The second-order valence-electron chi connectivity index (χ2n) is 8.11. The average Bonchev–Trinajstić information content (AvgIpc) is 2.98. The Morgan fingerprint density at radius 3 is 2.00 bits per heavy atom. The van der Waals surface area contributed by atoms with Gasteiger partial charge in [0.1, 0.15) is 12.7 Å². The normalized spacial score (nSPS) is 25.5. The van der Waals surface area contributed by atoms with Crippen LogP contribution in [-0.4, -0.2) is 72.8 Å². The Kier molecular flexibility index (Phi) is 7.54. The molecule has 1 fully saturated rings. The van der Waals surface area contributed by atoms with Crippen LogP contribution >= 0.6 is 0 Å². The monoisotopic (exact) mass is 491 g/mol. The predicted octanol–water partition coefficient (Wildman–Crippen LogP) is 0.607. The van der Waals surface area contributed by atoms with Crippen LogP contribution < -0.4 is 4.90 Å². The lowest BCUT2D eigenvalue weighted by molar-refractivity contribution is -0.251. The maximum Gasteiger partial charge on any atom is 0.303 e. The van der Waals surface area contributed by atoms with Crippen LogP contribution in [0.15, 0.2) is 18.2 Å². The molecule has 0 bridgehead atoms. The maximum atomic E-state index is 13.0. The molecule has 0 N–H and O–H groups in total. The largest absolute Gasteiger partial charge is 0.463 e. The third-order valence-corrected chi connectivity index (χ3v) is 5.29. The van der Waals surface area contributed by atoms with Crippen LogP contribution in [0.1, 0.15) is 43.6 Å². The molecule has 12 nitrogen and oxygen atoms in total. The Labute approximate surface area is 200 Å². The van der Waals surface area contributed by atoms with Crippen LogP contribution in [0.4, 0.5) is 5.69 Å². The lowest BCUT2D eigenvalue weighted by Crippen LogP contribution is -2.67. The summed E-state index contributed by atoms with van der Waals surface area (Å²) in [5.74, 6) is -4.86. The molecule has 1 saturated heterocycles. The van der Waals surface area contributed by atoms with Crippen molar-refractivity contribution in [3.63, 3.8) is 0 Å². The molecule has 1 aromatic rings. The van der Waals surface area contributed by atoms with E-state index in [4.69, 9.17) is 23.7 Å². The number of Topliss-reactive ketones (excluding diaryl/α,β-unsaturated/α-hetero) is 1. The molecule has 5 atom stereocenters. The van der Waals surface area contributed by atoms with Crippen molar-refractivity contribution in [1.29, 1.82) is 0 Å². The maximum absolute atomic E-state index is 13.0. The standard InChI is InChI=1S/C23H25NO11/c1-10-6-7-15-16(8-10)24(22(30)18(15)29)23-21(34-14(5)28)20(33-13(4)27)19(32-12(3)26)17(35-23)9-31-11(2)25/h6-8,17,19-21,23H,9H2,1-5H3. The highest BCUT2D eigenvalue weighted by molar-refractivity contribution is 6.52. The number of fused-ring (bicyclic) bond motifs is 1. The fourth-order valence-corrected chi connectivity index (χ4v) is 4.03. The number of carbonyl (C=O) groups is 6. The van der Waals surface area contributed by atoms with Gasteiger partial charge in [-0.05, 0) is 24.6 Å². The first-order chi connectivity index (χ1) is 16.4. The van der Waals surface area contributed by atoms with Gasteiger partial charge in [0.25, 0.3) is 5.78 Å². The second kappa shape index (κ2) is 10.2. The molecule has 2 aliphatic heterocycles. The number of anilines is 1. The number of aryl methyl sites for hydroxylation is 1. The molecule has 0 spiro atoms. The summed E-state index contributed by atoms with van der Waals surface area (Å²) in [5, 5.41) is 0. The molecular weight excluding hydrogens is 466 g/mol. The summed E-state index contributed by atoms with van der Waals surface area (Å²) in [4.78, 5) is 74.0. The first-order valence-electron chi connectivity index (χ1n) is 10.7. The van der Waals surface area contributed by atoms with E-state index in [2.05, 4.69) is 0 Å². The van der Waals surface area contributed by atoms with Crippen molar-refractivity contribution in [2.75, 3.05) is 11.5 Å². The molecule has 0 aromatic heterocycles. The first kappa shape index (κ1) is 25.8. The van der Waals surface area contributed by atoms with Gasteiger partial charge in [-0.1, -0.05) is 6.07 Å². The lowest BCUT2D eigenvalue weighted by Gasteiger charge is -2.46. The van der Waals surface area contributed by atoms with E-state index in [0.717, 1.165) is 38.2 Å². The first-order valence-corrected chi connectivity index (χ1v) is 10.7. The summed E-state index contributed by atoms with van der Waals surface area (Å²) in [7, 11) is 0. The molecule has 5 unspecified atom stereocenters. The van der Waals surface area contributed by atoms with Crippen LogP contribution in [0.5, 0.6) is 0 Å².